The number of nitrogens with zero attached hydrogens (tertiary/aromatic N) is 3. The number of halogens is 3. The van der Waals surface area contributed by atoms with Gasteiger partial charge in [0.25, 0.3) is 0 Å². The summed E-state index contributed by atoms with van der Waals surface area (Å²) in [5.41, 5.74) is -0.328. The highest BCUT2D eigenvalue weighted by Crippen LogP contribution is 2.20. The highest BCUT2D eigenvalue weighted by atomic mass is 127. The molecule has 3 rings (SSSR count). The normalized spacial score (nSPS) is 14.1. The molecule has 0 aliphatic carbocycles. The summed E-state index contributed by atoms with van der Waals surface area (Å²) in [4.78, 5) is 24.3. The van der Waals surface area contributed by atoms with E-state index < -0.39 is 17.5 Å². The third-order valence-electron chi connectivity index (χ3n) is 3.84. The van der Waals surface area contributed by atoms with Gasteiger partial charge in [-0.25, -0.2) is 18.3 Å². The van der Waals surface area contributed by atoms with E-state index >= 15 is 0 Å². The Bertz CT molecular complexity index is 823. The Hall–Kier alpha value is -1.78. The van der Waals surface area contributed by atoms with Crippen LogP contribution in [0.1, 0.15) is 25.1 Å². The molecule has 0 bridgehead atoms. The maximum Gasteiger partial charge on any atom is 0.346 e. The summed E-state index contributed by atoms with van der Waals surface area (Å²) in [7, 11) is 0. The quantitative estimate of drug-likeness (QED) is 0.579. The van der Waals surface area contributed by atoms with Gasteiger partial charge in [0.15, 0.2) is 0 Å². The summed E-state index contributed by atoms with van der Waals surface area (Å²) in [6.07, 6.45) is 3.63. The summed E-state index contributed by atoms with van der Waals surface area (Å²) >= 11 is 1.55. The van der Waals surface area contributed by atoms with Crippen LogP contribution in [-0.2, 0) is 24.3 Å². The second-order valence-electron chi connectivity index (χ2n) is 5.62. The van der Waals surface area contributed by atoms with Gasteiger partial charge < -0.3 is 5.32 Å². The average Bonchev–Trinajstić information content (AvgIpc) is 2.71. The van der Waals surface area contributed by atoms with Crippen LogP contribution in [0.25, 0.3) is 0 Å². The fourth-order valence-corrected chi connectivity index (χ4v) is 3.00. The molecule has 0 spiro atoms. The van der Waals surface area contributed by atoms with Gasteiger partial charge in [0.05, 0.1) is 3.57 Å². The second-order valence-corrected chi connectivity index (χ2v) is 6.70. The van der Waals surface area contributed by atoms with E-state index in [0.717, 1.165) is 36.1 Å². The number of anilines is 1. The van der Waals surface area contributed by atoms with Crippen LogP contribution in [0.2, 0.25) is 0 Å². The molecule has 0 atom stereocenters. The molecule has 1 amide bonds. The van der Waals surface area contributed by atoms with E-state index in [4.69, 9.17) is 0 Å². The number of carbonyl (C=O) groups is 1. The first kappa shape index (κ1) is 17.1. The van der Waals surface area contributed by atoms with Crippen molar-refractivity contribution >= 4 is 34.2 Å². The Morgan fingerprint density at radius 1 is 1.25 bits per heavy atom. The molecular weight excluding hydrogens is 433 g/mol. The number of carbonyl (C=O) groups excluding carboxylic acids is 1. The number of benzene rings is 1. The molecule has 1 aromatic heterocycles. The number of fused-ring (bicyclic) bond motifs is 1. The van der Waals surface area contributed by atoms with E-state index in [-0.39, 0.29) is 21.5 Å². The number of hydrogen-bond acceptors (Lipinski definition) is 3. The monoisotopic (exact) mass is 448 g/mol. The van der Waals surface area contributed by atoms with Gasteiger partial charge in [-0.05, 0) is 47.6 Å². The van der Waals surface area contributed by atoms with E-state index in [9.17, 15) is 18.4 Å². The Balaban J connectivity index is 1.75. The predicted molar refractivity (Wildman–Crippen MR) is 91.7 cm³/mol. The lowest BCUT2D eigenvalue weighted by Crippen LogP contribution is -2.30. The standard InChI is InChI=1S/C15H15F2IN4O2/c16-10-6-9(7-11(17)14(10)18)19-13(23)8-22-15(24)21-5-3-1-2-4-12(21)20-22/h6-7H,1-5,8H2,(H,19,23). The van der Waals surface area contributed by atoms with Crippen LogP contribution in [-0.4, -0.2) is 20.3 Å². The van der Waals surface area contributed by atoms with Crippen LogP contribution >= 0.6 is 22.6 Å². The van der Waals surface area contributed by atoms with Gasteiger partial charge in [-0.3, -0.25) is 9.36 Å². The van der Waals surface area contributed by atoms with Gasteiger partial charge in [0, 0.05) is 18.7 Å². The van der Waals surface area contributed by atoms with E-state index in [1.807, 2.05) is 0 Å². The van der Waals surface area contributed by atoms with Crippen LogP contribution in [0.4, 0.5) is 14.5 Å². The van der Waals surface area contributed by atoms with E-state index in [2.05, 4.69) is 10.4 Å². The Morgan fingerprint density at radius 2 is 1.96 bits per heavy atom. The number of nitrogens with one attached hydrogen (secondary N) is 1. The molecule has 0 radical (unpaired) electrons. The fourth-order valence-electron chi connectivity index (χ4n) is 2.69. The lowest BCUT2D eigenvalue weighted by molar-refractivity contribution is -0.117. The Kier molecular flexibility index (Phi) is 4.97. The van der Waals surface area contributed by atoms with Crippen LogP contribution in [0.5, 0.6) is 0 Å². The Labute approximate surface area is 150 Å². The smallest absolute Gasteiger partial charge is 0.324 e. The van der Waals surface area contributed by atoms with Gasteiger partial charge in [-0.1, -0.05) is 6.42 Å². The van der Waals surface area contributed by atoms with Crippen LogP contribution in [0, 0.1) is 15.2 Å². The van der Waals surface area contributed by atoms with Crippen LogP contribution < -0.4 is 11.0 Å². The van der Waals surface area contributed by atoms with Crippen molar-refractivity contribution in [2.24, 2.45) is 0 Å². The number of aromatic nitrogens is 3. The number of rotatable bonds is 3. The van der Waals surface area contributed by atoms with Crippen LogP contribution in [0.3, 0.4) is 0 Å². The molecule has 1 aromatic carbocycles. The minimum Gasteiger partial charge on any atom is -0.324 e. The average molecular weight is 448 g/mol. The molecular formula is C15H15F2IN4O2. The molecule has 2 heterocycles. The van der Waals surface area contributed by atoms with Crippen molar-refractivity contribution in [1.82, 2.24) is 14.3 Å². The molecule has 6 nitrogen and oxygen atoms in total. The third-order valence-corrected chi connectivity index (χ3v) is 4.87. The zero-order chi connectivity index (χ0) is 17.3. The summed E-state index contributed by atoms with van der Waals surface area (Å²) in [6.45, 7) is 0.303. The van der Waals surface area contributed by atoms with Gasteiger partial charge in [-0.15, -0.1) is 0 Å². The number of hydrogen-bond donors (Lipinski definition) is 1. The summed E-state index contributed by atoms with van der Waals surface area (Å²) in [5, 5.41) is 6.59. The molecule has 24 heavy (non-hydrogen) atoms. The summed E-state index contributed by atoms with van der Waals surface area (Å²) in [5.74, 6) is -1.39. The highest BCUT2D eigenvalue weighted by molar-refractivity contribution is 14.1. The first-order valence-electron chi connectivity index (χ1n) is 7.56. The maximum atomic E-state index is 13.5. The topological polar surface area (TPSA) is 68.9 Å². The first-order valence-corrected chi connectivity index (χ1v) is 8.64. The fraction of sp³-hybridized carbons (Fsp3) is 0.400. The van der Waals surface area contributed by atoms with E-state index in [0.29, 0.717) is 18.8 Å². The zero-order valence-electron chi connectivity index (χ0n) is 12.7. The molecule has 128 valence electrons. The molecule has 0 saturated carbocycles. The molecule has 0 fully saturated rings. The minimum atomic E-state index is -0.753. The lowest BCUT2D eigenvalue weighted by atomic mass is 10.2. The van der Waals surface area contributed by atoms with Gasteiger partial charge >= 0.3 is 5.69 Å². The minimum absolute atomic E-state index is 0.00392. The SMILES string of the molecule is O=C(Cn1nc2n(c1=O)CCCCC2)Nc1cc(F)c(I)c(F)c1. The van der Waals surface area contributed by atoms with Gasteiger partial charge in [0.1, 0.15) is 24.0 Å². The molecule has 1 aliphatic heterocycles. The molecule has 0 unspecified atom stereocenters. The lowest BCUT2D eigenvalue weighted by Gasteiger charge is -2.06. The van der Waals surface area contributed by atoms with Crippen molar-refractivity contribution in [3.05, 3.63) is 43.6 Å². The van der Waals surface area contributed by atoms with Crippen molar-refractivity contribution in [2.75, 3.05) is 5.32 Å². The van der Waals surface area contributed by atoms with Gasteiger partial charge in [-0.2, -0.15) is 5.10 Å². The van der Waals surface area contributed by atoms with Crippen molar-refractivity contribution in [2.45, 2.75) is 38.8 Å². The van der Waals surface area contributed by atoms with Crippen molar-refractivity contribution in [1.29, 1.82) is 0 Å². The second kappa shape index (κ2) is 6.99. The number of aryl methyl sites for hydroxylation is 1. The zero-order valence-corrected chi connectivity index (χ0v) is 14.8. The molecule has 0 saturated heterocycles. The molecule has 1 N–H and O–H groups in total. The third kappa shape index (κ3) is 3.50. The molecule has 9 heteroatoms. The van der Waals surface area contributed by atoms with Crippen molar-refractivity contribution in [3.63, 3.8) is 0 Å². The Morgan fingerprint density at radius 3 is 2.67 bits per heavy atom. The predicted octanol–water partition coefficient (Wildman–Crippen LogP) is 2.29. The van der Waals surface area contributed by atoms with Crippen molar-refractivity contribution < 1.29 is 13.6 Å². The van der Waals surface area contributed by atoms with E-state index in [1.165, 1.54) is 0 Å². The maximum absolute atomic E-state index is 13.5. The summed E-state index contributed by atoms with van der Waals surface area (Å²) in [6, 6.07) is 2.07. The van der Waals surface area contributed by atoms with Crippen molar-refractivity contribution in [3.8, 4) is 0 Å². The molecule has 2 aromatic rings. The number of amides is 1. The van der Waals surface area contributed by atoms with Gasteiger partial charge in [0.2, 0.25) is 5.91 Å². The largest absolute Gasteiger partial charge is 0.346 e. The first-order chi connectivity index (χ1) is 11.5. The molecule has 1 aliphatic rings. The highest BCUT2D eigenvalue weighted by Gasteiger charge is 2.18. The summed E-state index contributed by atoms with van der Waals surface area (Å²) < 4.78 is 29.6. The van der Waals surface area contributed by atoms with Crippen LogP contribution in [0.15, 0.2) is 16.9 Å². The van der Waals surface area contributed by atoms with E-state index in [1.54, 1.807) is 27.2 Å².